The molecule has 1 aromatic rings. The summed E-state index contributed by atoms with van der Waals surface area (Å²) in [5.41, 5.74) is 7.69. The molecule has 4 nitrogen and oxygen atoms in total. The number of nitrogens with one attached hydrogen (secondary N) is 1. The first-order chi connectivity index (χ1) is 8.16. The van der Waals surface area contributed by atoms with E-state index in [9.17, 15) is 4.79 Å². The van der Waals surface area contributed by atoms with Gasteiger partial charge >= 0.3 is 0 Å². The van der Waals surface area contributed by atoms with Gasteiger partial charge < -0.3 is 11.1 Å². The van der Waals surface area contributed by atoms with E-state index in [0.29, 0.717) is 0 Å². The molecular formula is C13H19N3O. The highest BCUT2D eigenvalue weighted by Gasteiger charge is 2.28. The molecule has 1 amide bonds. The normalized spacial score (nSPS) is 24.4. The maximum atomic E-state index is 12.1. The Labute approximate surface area is 102 Å². The zero-order valence-corrected chi connectivity index (χ0v) is 10.1. The molecule has 0 bridgehead atoms. The number of pyridine rings is 1. The largest absolute Gasteiger partial charge is 0.327 e. The summed E-state index contributed by atoms with van der Waals surface area (Å²) < 4.78 is 0. The number of rotatable bonds is 2. The molecule has 2 atom stereocenters. The van der Waals surface area contributed by atoms with Gasteiger partial charge in [-0.05, 0) is 31.9 Å². The molecule has 0 aliphatic heterocycles. The predicted octanol–water partition coefficient (Wildman–Crippen LogP) is 1.85. The van der Waals surface area contributed by atoms with Crippen molar-refractivity contribution in [3.8, 4) is 0 Å². The average Bonchev–Trinajstić information content (AvgIpc) is 2.29. The first-order valence-corrected chi connectivity index (χ1v) is 6.16. The van der Waals surface area contributed by atoms with Crippen molar-refractivity contribution in [1.82, 2.24) is 4.98 Å². The number of amides is 1. The van der Waals surface area contributed by atoms with Gasteiger partial charge in [-0.2, -0.15) is 0 Å². The van der Waals surface area contributed by atoms with E-state index in [0.717, 1.165) is 37.1 Å². The highest BCUT2D eigenvalue weighted by molar-refractivity contribution is 5.93. The molecule has 0 aromatic carbocycles. The van der Waals surface area contributed by atoms with E-state index >= 15 is 0 Å². The van der Waals surface area contributed by atoms with Crippen LogP contribution in [0.15, 0.2) is 18.3 Å². The number of hydrogen-bond acceptors (Lipinski definition) is 3. The van der Waals surface area contributed by atoms with Gasteiger partial charge in [-0.1, -0.05) is 12.8 Å². The van der Waals surface area contributed by atoms with Crippen LogP contribution in [0.25, 0.3) is 0 Å². The molecule has 1 heterocycles. The molecule has 0 saturated heterocycles. The Balaban J connectivity index is 2.01. The SMILES string of the molecule is Cc1cc(NC(=O)C2CCCCC2N)ccn1. The van der Waals surface area contributed by atoms with Crippen molar-refractivity contribution in [1.29, 1.82) is 0 Å². The Kier molecular flexibility index (Phi) is 3.74. The monoisotopic (exact) mass is 233 g/mol. The zero-order valence-electron chi connectivity index (χ0n) is 10.1. The third-order valence-corrected chi connectivity index (χ3v) is 3.32. The summed E-state index contributed by atoms with van der Waals surface area (Å²) in [4.78, 5) is 16.2. The molecular weight excluding hydrogens is 214 g/mol. The lowest BCUT2D eigenvalue weighted by molar-refractivity contribution is -0.121. The number of nitrogens with two attached hydrogens (primary N) is 1. The summed E-state index contributed by atoms with van der Waals surface area (Å²) in [6.07, 6.45) is 5.79. The molecule has 1 aliphatic rings. The van der Waals surface area contributed by atoms with Gasteiger partial charge in [0.25, 0.3) is 0 Å². The topological polar surface area (TPSA) is 68.0 Å². The Morgan fingerprint density at radius 1 is 1.47 bits per heavy atom. The smallest absolute Gasteiger partial charge is 0.229 e. The molecule has 0 radical (unpaired) electrons. The van der Waals surface area contributed by atoms with Crippen LogP contribution in [0.5, 0.6) is 0 Å². The number of nitrogens with zero attached hydrogens (tertiary/aromatic N) is 1. The van der Waals surface area contributed by atoms with Gasteiger partial charge in [-0.3, -0.25) is 9.78 Å². The van der Waals surface area contributed by atoms with Gasteiger partial charge in [0.05, 0.1) is 5.92 Å². The minimum atomic E-state index is -0.0442. The summed E-state index contributed by atoms with van der Waals surface area (Å²) in [6, 6.07) is 3.68. The Morgan fingerprint density at radius 3 is 2.94 bits per heavy atom. The van der Waals surface area contributed by atoms with Crippen LogP contribution in [-0.4, -0.2) is 16.9 Å². The average molecular weight is 233 g/mol. The lowest BCUT2D eigenvalue weighted by Gasteiger charge is -2.27. The van der Waals surface area contributed by atoms with Crippen LogP contribution in [-0.2, 0) is 4.79 Å². The lowest BCUT2D eigenvalue weighted by Crippen LogP contribution is -2.40. The fourth-order valence-corrected chi connectivity index (χ4v) is 2.34. The highest BCUT2D eigenvalue weighted by Crippen LogP contribution is 2.24. The molecule has 1 aliphatic carbocycles. The van der Waals surface area contributed by atoms with E-state index in [2.05, 4.69) is 10.3 Å². The lowest BCUT2D eigenvalue weighted by atomic mass is 9.84. The molecule has 2 rings (SSSR count). The molecule has 2 unspecified atom stereocenters. The summed E-state index contributed by atoms with van der Waals surface area (Å²) in [5, 5.41) is 2.92. The van der Waals surface area contributed by atoms with Crippen LogP contribution in [0.4, 0.5) is 5.69 Å². The van der Waals surface area contributed by atoms with E-state index in [1.807, 2.05) is 13.0 Å². The van der Waals surface area contributed by atoms with Gasteiger partial charge in [-0.25, -0.2) is 0 Å². The molecule has 92 valence electrons. The molecule has 1 fully saturated rings. The highest BCUT2D eigenvalue weighted by atomic mass is 16.1. The number of anilines is 1. The maximum absolute atomic E-state index is 12.1. The van der Waals surface area contributed by atoms with Crippen LogP contribution in [0.1, 0.15) is 31.4 Å². The molecule has 3 N–H and O–H groups in total. The standard InChI is InChI=1S/C13H19N3O/c1-9-8-10(6-7-15-9)16-13(17)11-4-2-3-5-12(11)14/h6-8,11-12H,2-5,14H2,1H3,(H,15,16,17). The summed E-state index contributed by atoms with van der Waals surface area (Å²) >= 11 is 0. The number of hydrogen-bond donors (Lipinski definition) is 2. The van der Waals surface area contributed by atoms with Crippen molar-refractivity contribution in [2.45, 2.75) is 38.6 Å². The molecule has 1 aromatic heterocycles. The zero-order chi connectivity index (χ0) is 12.3. The predicted molar refractivity (Wildman–Crippen MR) is 67.5 cm³/mol. The van der Waals surface area contributed by atoms with E-state index in [-0.39, 0.29) is 17.9 Å². The quantitative estimate of drug-likeness (QED) is 0.819. The number of aromatic nitrogens is 1. The molecule has 17 heavy (non-hydrogen) atoms. The maximum Gasteiger partial charge on any atom is 0.229 e. The van der Waals surface area contributed by atoms with Crippen molar-refractivity contribution >= 4 is 11.6 Å². The molecule has 1 saturated carbocycles. The van der Waals surface area contributed by atoms with Crippen molar-refractivity contribution in [2.24, 2.45) is 11.7 Å². The van der Waals surface area contributed by atoms with Gasteiger partial charge in [-0.15, -0.1) is 0 Å². The summed E-state index contributed by atoms with van der Waals surface area (Å²) in [7, 11) is 0. The second-order valence-corrected chi connectivity index (χ2v) is 4.73. The summed E-state index contributed by atoms with van der Waals surface area (Å²) in [6.45, 7) is 1.90. The van der Waals surface area contributed by atoms with Crippen LogP contribution >= 0.6 is 0 Å². The Hall–Kier alpha value is -1.42. The van der Waals surface area contributed by atoms with Crippen molar-refractivity contribution in [2.75, 3.05) is 5.32 Å². The number of carbonyl (C=O) groups is 1. The second kappa shape index (κ2) is 5.27. The first-order valence-electron chi connectivity index (χ1n) is 6.16. The van der Waals surface area contributed by atoms with Crippen LogP contribution < -0.4 is 11.1 Å². The van der Waals surface area contributed by atoms with E-state index in [1.165, 1.54) is 0 Å². The van der Waals surface area contributed by atoms with Crippen molar-refractivity contribution in [3.05, 3.63) is 24.0 Å². The van der Waals surface area contributed by atoms with Crippen molar-refractivity contribution in [3.63, 3.8) is 0 Å². The van der Waals surface area contributed by atoms with Crippen LogP contribution in [0.3, 0.4) is 0 Å². The van der Waals surface area contributed by atoms with Crippen molar-refractivity contribution < 1.29 is 4.79 Å². The third-order valence-electron chi connectivity index (χ3n) is 3.32. The third kappa shape index (κ3) is 3.03. The second-order valence-electron chi connectivity index (χ2n) is 4.73. The first kappa shape index (κ1) is 12.0. The molecule has 0 spiro atoms. The van der Waals surface area contributed by atoms with Gasteiger partial charge in [0.1, 0.15) is 0 Å². The van der Waals surface area contributed by atoms with Gasteiger partial charge in [0, 0.05) is 23.6 Å². The number of aryl methyl sites for hydroxylation is 1. The van der Waals surface area contributed by atoms with Crippen LogP contribution in [0, 0.1) is 12.8 Å². The molecule has 4 heteroatoms. The van der Waals surface area contributed by atoms with Crippen LogP contribution in [0.2, 0.25) is 0 Å². The van der Waals surface area contributed by atoms with Gasteiger partial charge in [0.15, 0.2) is 0 Å². The Morgan fingerprint density at radius 2 is 2.24 bits per heavy atom. The van der Waals surface area contributed by atoms with E-state index in [1.54, 1.807) is 12.3 Å². The minimum Gasteiger partial charge on any atom is -0.327 e. The Bertz CT molecular complexity index is 405. The van der Waals surface area contributed by atoms with E-state index < -0.39 is 0 Å². The fraction of sp³-hybridized carbons (Fsp3) is 0.538. The fourth-order valence-electron chi connectivity index (χ4n) is 2.34. The van der Waals surface area contributed by atoms with Gasteiger partial charge in [0.2, 0.25) is 5.91 Å². The summed E-state index contributed by atoms with van der Waals surface area (Å²) in [5.74, 6) is 0.0000198. The minimum absolute atomic E-state index is 0.00619. The van der Waals surface area contributed by atoms with E-state index in [4.69, 9.17) is 5.73 Å². The number of carbonyl (C=O) groups excluding carboxylic acids is 1.